The van der Waals surface area contributed by atoms with E-state index in [1.165, 1.54) is 0 Å². The molecule has 2 aliphatic heterocycles. The van der Waals surface area contributed by atoms with Gasteiger partial charge >= 0.3 is 0 Å². The first-order valence-electron chi connectivity index (χ1n) is 10.6. The number of ether oxygens (including phenoxy) is 1. The summed E-state index contributed by atoms with van der Waals surface area (Å²) in [6.45, 7) is 2.54. The van der Waals surface area contributed by atoms with Gasteiger partial charge in [-0.1, -0.05) is 24.3 Å². The number of nitrogens with two attached hydrogens (primary N) is 1. The van der Waals surface area contributed by atoms with Gasteiger partial charge in [-0.15, -0.1) is 0 Å². The summed E-state index contributed by atoms with van der Waals surface area (Å²) in [6, 6.07) is 15.2. The third-order valence-corrected chi connectivity index (χ3v) is 7.96. The summed E-state index contributed by atoms with van der Waals surface area (Å²) in [5, 5.41) is 14.0. The molecule has 3 heterocycles. The Labute approximate surface area is 188 Å². The van der Waals surface area contributed by atoms with Crippen LogP contribution in [0, 0.1) is 0 Å². The van der Waals surface area contributed by atoms with E-state index < -0.39 is 16.1 Å². The molecule has 0 saturated carbocycles. The van der Waals surface area contributed by atoms with Gasteiger partial charge in [0.25, 0.3) is 0 Å². The van der Waals surface area contributed by atoms with Gasteiger partial charge in [-0.05, 0) is 29.3 Å². The summed E-state index contributed by atoms with van der Waals surface area (Å²) in [5.41, 5.74) is 9.30. The molecule has 32 heavy (non-hydrogen) atoms. The van der Waals surface area contributed by atoms with E-state index in [4.69, 9.17) is 15.5 Å². The Morgan fingerprint density at radius 2 is 1.97 bits per heavy atom. The number of hydrogen-bond acceptors (Lipinski definition) is 8. The van der Waals surface area contributed by atoms with Gasteiger partial charge in [-0.25, -0.2) is 4.98 Å². The molecule has 2 aromatic carbocycles. The van der Waals surface area contributed by atoms with Crippen molar-refractivity contribution in [2.45, 2.75) is 23.6 Å². The molecule has 5 rings (SSSR count). The number of anilines is 2. The SMILES string of the molecule is NC1(CNc2cc(N3CCS(O)(O)c4ccccc4C3)nc3ccc(CO)cc23)COC1. The van der Waals surface area contributed by atoms with Crippen molar-refractivity contribution in [1.29, 1.82) is 0 Å². The van der Waals surface area contributed by atoms with Crippen molar-refractivity contribution in [3.63, 3.8) is 0 Å². The number of aromatic nitrogens is 1. The normalized spacial score (nSPS) is 20.2. The zero-order chi connectivity index (χ0) is 22.3. The lowest BCUT2D eigenvalue weighted by Gasteiger charge is -2.38. The van der Waals surface area contributed by atoms with E-state index in [2.05, 4.69) is 10.2 Å². The number of aliphatic hydroxyl groups excluding tert-OH is 1. The van der Waals surface area contributed by atoms with E-state index in [0.717, 1.165) is 33.5 Å². The maximum atomic E-state index is 10.7. The first-order valence-corrected chi connectivity index (χ1v) is 12.3. The topological polar surface area (TPSA) is 124 Å². The minimum absolute atomic E-state index is 0.0490. The van der Waals surface area contributed by atoms with Gasteiger partial charge in [0.15, 0.2) is 0 Å². The second-order valence-corrected chi connectivity index (χ2v) is 10.8. The Morgan fingerprint density at radius 3 is 2.72 bits per heavy atom. The molecule has 1 saturated heterocycles. The van der Waals surface area contributed by atoms with Gasteiger partial charge in [0.05, 0.1) is 41.5 Å². The highest BCUT2D eigenvalue weighted by Gasteiger charge is 2.34. The van der Waals surface area contributed by atoms with Crippen LogP contribution in [0.5, 0.6) is 0 Å². The van der Waals surface area contributed by atoms with Gasteiger partial charge in [0, 0.05) is 36.8 Å². The molecule has 1 fully saturated rings. The Bertz CT molecular complexity index is 1150. The van der Waals surface area contributed by atoms with Gasteiger partial charge in [-0.2, -0.15) is 10.6 Å². The number of benzene rings is 2. The Morgan fingerprint density at radius 1 is 1.16 bits per heavy atom. The summed E-state index contributed by atoms with van der Waals surface area (Å²) in [6.07, 6.45) is 0. The molecule has 3 aromatic rings. The summed E-state index contributed by atoms with van der Waals surface area (Å²) in [7, 11) is -2.85. The molecule has 0 amide bonds. The number of hydrogen-bond donors (Lipinski definition) is 5. The molecule has 0 aliphatic carbocycles. The van der Waals surface area contributed by atoms with Crippen LogP contribution in [-0.4, -0.2) is 56.8 Å². The average Bonchev–Trinajstić information content (AvgIpc) is 2.91. The quantitative estimate of drug-likeness (QED) is 0.397. The van der Waals surface area contributed by atoms with Gasteiger partial charge < -0.3 is 25.8 Å². The molecule has 6 N–H and O–H groups in total. The zero-order valence-corrected chi connectivity index (χ0v) is 18.5. The van der Waals surface area contributed by atoms with Crippen LogP contribution >= 0.6 is 10.6 Å². The van der Waals surface area contributed by atoms with Crippen molar-refractivity contribution in [3.8, 4) is 0 Å². The fourth-order valence-electron chi connectivity index (χ4n) is 4.18. The molecule has 0 spiro atoms. The molecule has 2 aliphatic rings. The molecule has 1 aromatic heterocycles. The van der Waals surface area contributed by atoms with E-state index >= 15 is 0 Å². The monoisotopic (exact) mass is 456 g/mol. The maximum absolute atomic E-state index is 10.7. The third-order valence-electron chi connectivity index (χ3n) is 6.11. The van der Waals surface area contributed by atoms with Crippen LogP contribution in [0.2, 0.25) is 0 Å². The Balaban J connectivity index is 1.54. The van der Waals surface area contributed by atoms with E-state index in [1.54, 1.807) is 6.07 Å². The van der Waals surface area contributed by atoms with Crippen molar-refractivity contribution in [2.24, 2.45) is 5.73 Å². The second kappa shape index (κ2) is 8.18. The average molecular weight is 457 g/mol. The first-order chi connectivity index (χ1) is 15.4. The molecule has 170 valence electrons. The van der Waals surface area contributed by atoms with Crippen molar-refractivity contribution in [3.05, 3.63) is 59.7 Å². The van der Waals surface area contributed by atoms with Crippen molar-refractivity contribution in [2.75, 3.05) is 42.3 Å². The molecule has 0 bridgehead atoms. The van der Waals surface area contributed by atoms with E-state index in [1.807, 2.05) is 42.5 Å². The number of nitrogens with one attached hydrogen (secondary N) is 1. The fourth-order valence-corrected chi connectivity index (χ4v) is 5.73. The predicted octanol–water partition coefficient (Wildman–Crippen LogP) is 3.00. The van der Waals surface area contributed by atoms with Crippen LogP contribution in [0.1, 0.15) is 11.1 Å². The smallest absolute Gasteiger partial charge is 0.131 e. The van der Waals surface area contributed by atoms with Gasteiger partial charge in [0.1, 0.15) is 5.82 Å². The number of pyridine rings is 1. The third kappa shape index (κ3) is 4.03. The highest BCUT2D eigenvalue weighted by molar-refractivity contribution is 8.24. The lowest BCUT2D eigenvalue weighted by atomic mass is 9.99. The molecule has 0 atom stereocenters. The van der Waals surface area contributed by atoms with Crippen molar-refractivity contribution in [1.82, 2.24) is 4.98 Å². The van der Waals surface area contributed by atoms with E-state index in [9.17, 15) is 14.2 Å². The minimum Gasteiger partial charge on any atom is -0.392 e. The summed E-state index contributed by atoms with van der Waals surface area (Å²) in [4.78, 5) is 7.56. The Hall–Kier alpha value is -2.40. The number of fused-ring (bicyclic) bond motifs is 2. The first kappa shape index (κ1) is 21.4. The summed E-state index contributed by atoms with van der Waals surface area (Å²) in [5.74, 6) is 0.999. The molecule has 8 nitrogen and oxygen atoms in total. The van der Waals surface area contributed by atoms with Crippen LogP contribution < -0.4 is 16.0 Å². The summed E-state index contributed by atoms with van der Waals surface area (Å²) < 4.78 is 26.7. The molecular weight excluding hydrogens is 428 g/mol. The van der Waals surface area contributed by atoms with Crippen LogP contribution in [0.25, 0.3) is 10.9 Å². The number of rotatable bonds is 5. The van der Waals surface area contributed by atoms with Crippen LogP contribution in [0.15, 0.2) is 53.4 Å². The van der Waals surface area contributed by atoms with Gasteiger partial charge in [0.2, 0.25) is 0 Å². The summed E-state index contributed by atoms with van der Waals surface area (Å²) >= 11 is 0. The highest BCUT2D eigenvalue weighted by atomic mass is 32.3. The lowest BCUT2D eigenvalue weighted by Crippen LogP contribution is -2.61. The molecule has 0 unspecified atom stereocenters. The molecule has 9 heteroatoms. The number of aliphatic hydroxyl groups is 1. The highest BCUT2D eigenvalue weighted by Crippen LogP contribution is 2.51. The molecular formula is C23H28N4O4S. The fraction of sp³-hybridized carbons (Fsp3) is 0.348. The Kier molecular flexibility index (Phi) is 5.48. The zero-order valence-electron chi connectivity index (χ0n) is 17.7. The lowest BCUT2D eigenvalue weighted by molar-refractivity contribution is -0.0461. The van der Waals surface area contributed by atoms with Crippen LogP contribution in [0.3, 0.4) is 0 Å². The van der Waals surface area contributed by atoms with Crippen LogP contribution in [0.4, 0.5) is 11.5 Å². The van der Waals surface area contributed by atoms with Gasteiger partial charge in [-0.3, -0.25) is 9.11 Å². The largest absolute Gasteiger partial charge is 0.392 e. The number of nitrogens with zero attached hydrogens (tertiary/aromatic N) is 2. The maximum Gasteiger partial charge on any atom is 0.131 e. The van der Waals surface area contributed by atoms with E-state index in [-0.39, 0.29) is 12.4 Å². The standard InChI is InChI=1S/C23H28N4O4S/c24-23(14-31-15-23)13-25-20-10-22(26-19-6-5-16(12-28)9-18(19)20)27-7-8-32(29,30)21-4-2-1-3-17(21)11-27/h1-6,9-10,28-30H,7-8,11-15,24H2,(H,25,26). The van der Waals surface area contributed by atoms with Crippen molar-refractivity contribution < 1.29 is 18.9 Å². The second-order valence-electron chi connectivity index (χ2n) is 8.65. The van der Waals surface area contributed by atoms with E-state index in [0.29, 0.717) is 37.7 Å². The minimum atomic E-state index is -2.85. The molecule has 0 radical (unpaired) electrons. The van der Waals surface area contributed by atoms with Crippen molar-refractivity contribution >= 4 is 33.0 Å². The predicted molar refractivity (Wildman–Crippen MR) is 127 cm³/mol. The van der Waals surface area contributed by atoms with Crippen LogP contribution in [-0.2, 0) is 17.9 Å².